The molecular formula is C30H37ClN2O5S. The van der Waals surface area contributed by atoms with Crippen LogP contribution in [0, 0.1) is 5.41 Å². The minimum absolute atomic E-state index is 0.0165. The molecule has 0 bridgehead atoms. The zero-order valence-corrected chi connectivity index (χ0v) is 24.7. The average molecular weight is 573 g/mol. The molecule has 2 aromatic rings. The van der Waals surface area contributed by atoms with Gasteiger partial charge in [0.1, 0.15) is 10.7 Å². The van der Waals surface area contributed by atoms with E-state index in [1.165, 1.54) is 12.1 Å². The highest BCUT2D eigenvalue weighted by Gasteiger charge is 2.35. The minimum Gasteiger partial charge on any atom is -0.507 e. The Morgan fingerprint density at radius 3 is 2.21 bits per heavy atom. The van der Waals surface area contributed by atoms with Crippen LogP contribution >= 0.6 is 11.6 Å². The van der Waals surface area contributed by atoms with Crippen molar-refractivity contribution < 1.29 is 23.8 Å². The number of halogens is 1. The van der Waals surface area contributed by atoms with Gasteiger partial charge < -0.3 is 15.5 Å². The smallest absolute Gasteiger partial charge is 0.207 e. The fourth-order valence-corrected chi connectivity index (χ4v) is 5.85. The summed E-state index contributed by atoms with van der Waals surface area (Å²) in [4.78, 5) is -0.158. The van der Waals surface area contributed by atoms with E-state index < -0.39 is 15.7 Å². The molecule has 0 amide bonds. The molecular weight excluding hydrogens is 536 g/mol. The van der Waals surface area contributed by atoms with Gasteiger partial charge in [-0.2, -0.15) is 0 Å². The number of aliphatic hydroxyl groups excluding tert-OH is 1. The molecule has 0 unspecified atom stereocenters. The maximum Gasteiger partial charge on any atom is 0.207 e. The highest BCUT2D eigenvalue weighted by atomic mass is 35.5. The third-order valence-electron chi connectivity index (χ3n) is 7.59. The van der Waals surface area contributed by atoms with Crippen LogP contribution in [-0.2, 0) is 15.3 Å². The second kappa shape index (κ2) is 11.5. The number of nitrogens with one attached hydrogen (secondary N) is 2. The van der Waals surface area contributed by atoms with Gasteiger partial charge in [-0.15, -0.1) is 0 Å². The number of hydrogen-bond donors (Lipinski definition) is 5. The van der Waals surface area contributed by atoms with Gasteiger partial charge in [0, 0.05) is 11.6 Å². The summed E-state index contributed by atoms with van der Waals surface area (Å²) in [5, 5.41) is 34.0. The molecule has 3 rings (SSSR count). The number of hydrogen-bond acceptors (Lipinski definition) is 7. The van der Waals surface area contributed by atoms with Crippen LogP contribution in [-0.4, -0.2) is 23.8 Å². The lowest BCUT2D eigenvalue weighted by atomic mass is 9.65. The Morgan fingerprint density at radius 2 is 1.69 bits per heavy atom. The van der Waals surface area contributed by atoms with Crippen molar-refractivity contribution in [2.45, 2.75) is 64.7 Å². The summed E-state index contributed by atoms with van der Waals surface area (Å²) in [6, 6.07) is 9.41. The summed E-state index contributed by atoms with van der Waals surface area (Å²) in [6.07, 6.45) is 7.92. The summed E-state index contributed by atoms with van der Waals surface area (Å²) in [6.45, 7) is 12.3. The van der Waals surface area contributed by atoms with Gasteiger partial charge in [0.25, 0.3) is 0 Å². The Labute approximate surface area is 236 Å². The first-order valence-electron chi connectivity index (χ1n) is 12.7. The van der Waals surface area contributed by atoms with Gasteiger partial charge in [-0.3, -0.25) is 10.7 Å². The fourth-order valence-electron chi connectivity index (χ4n) is 4.17. The van der Waals surface area contributed by atoms with Crippen molar-refractivity contribution >= 4 is 32.8 Å². The molecule has 9 heteroatoms. The maximum absolute atomic E-state index is 13.5. The van der Waals surface area contributed by atoms with Crippen LogP contribution in [0.1, 0.15) is 65.5 Å². The SMILES string of the molecule is CCC(=C(O)Nc1cc(O)c(C(NO)=C2C=CC=CC2)cc1Cl)S(=O)(=O)c1ccc(C(C)(C)C(C)(C)C)cc1. The molecule has 0 radical (unpaired) electrons. The van der Waals surface area contributed by atoms with Gasteiger partial charge in [0.05, 0.1) is 21.3 Å². The molecule has 1 aliphatic rings. The molecule has 5 N–H and O–H groups in total. The lowest BCUT2D eigenvalue weighted by molar-refractivity contribution is 0.223. The molecule has 0 aliphatic heterocycles. The minimum atomic E-state index is -4.03. The number of aliphatic hydroxyl groups is 1. The van der Waals surface area contributed by atoms with Crippen molar-refractivity contribution in [3.8, 4) is 5.75 Å². The number of rotatable bonds is 8. The normalized spacial score (nSPS) is 16.1. The zero-order chi connectivity index (χ0) is 29.2. The number of aromatic hydroxyl groups is 1. The largest absolute Gasteiger partial charge is 0.507 e. The Hall–Kier alpha value is -3.20. The van der Waals surface area contributed by atoms with Gasteiger partial charge in [-0.1, -0.05) is 89.6 Å². The molecule has 0 spiro atoms. The summed E-state index contributed by atoms with van der Waals surface area (Å²) in [7, 11) is -4.03. The van der Waals surface area contributed by atoms with E-state index in [4.69, 9.17) is 11.6 Å². The standard InChI is InChI=1S/C30H37ClN2O5S/c1-7-26(39(37,38)21-15-13-20(14-16-21)30(5,6)29(2,3)4)28(35)32-24-18-25(34)22(17-23(24)31)27(33-36)19-11-9-8-10-12-19/h8-11,13-18,32-36H,7,12H2,1-6H3. The van der Waals surface area contributed by atoms with Crippen LogP contribution < -0.4 is 10.8 Å². The van der Waals surface area contributed by atoms with Gasteiger partial charge in [0.2, 0.25) is 15.7 Å². The summed E-state index contributed by atoms with van der Waals surface area (Å²) in [5.41, 5.74) is 4.23. The van der Waals surface area contributed by atoms with E-state index in [1.54, 1.807) is 31.2 Å². The van der Waals surface area contributed by atoms with Gasteiger partial charge >= 0.3 is 0 Å². The Balaban J connectivity index is 1.96. The topological polar surface area (TPSA) is 119 Å². The fraction of sp³-hybridized carbons (Fsp3) is 0.333. The zero-order valence-electron chi connectivity index (χ0n) is 23.1. The van der Waals surface area contributed by atoms with Gasteiger partial charge in [-0.25, -0.2) is 8.42 Å². The Bertz CT molecular complexity index is 1460. The molecule has 210 valence electrons. The number of allylic oxidation sites excluding steroid dienone is 6. The molecule has 0 aromatic heterocycles. The highest BCUT2D eigenvalue weighted by Crippen LogP contribution is 2.41. The van der Waals surface area contributed by atoms with Crippen LogP contribution in [0.2, 0.25) is 5.02 Å². The molecule has 39 heavy (non-hydrogen) atoms. The predicted molar refractivity (Wildman–Crippen MR) is 158 cm³/mol. The van der Waals surface area contributed by atoms with Crippen molar-refractivity contribution in [1.82, 2.24) is 5.48 Å². The molecule has 0 fully saturated rings. The van der Waals surface area contributed by atoms with E-state index in [0.29, 0.717) is 6.42 Å². The second-order valence-corrected chi connectivity index (χ2v) is 13.4. The van der Waals surface area contributed by atoms with Crippen molar-refractivity contribution in [3.63, 3.8) is 0 Å². The first-order valence-corrected chi connectivity index (χ1v) is 14.5. The molecule has 2 aromatic carbocycles. The second-order valence-electron chi connectivity index (χ2n) is 11.0. The monoisotopic (exact) mass is 572 g/mol. The van der Waals surface area contributed by atoms with Crippen molar-refractivity contribution in [1.29, 1.82) is 0 Å². The molecule has 0 saturated carbocycles. The number of phenolic OH excluding ortho intramolecular Hbond substituents is 1. The Kier molecular flexibility index (Phi) is 8.95. The third kappa shape index (κ3) is 6.19. The highest BCUT2D eigenvalue weighted by molar-refractivity contribution is 7.95. The van der Waals surface area contributed by atoms with E-state index in [2.05, 4.69) is 45.4 Å². The van der Waals surface area contributed by atoms with E-state index >= 15 is 0 Å². The van der Waals surface area contributed by atoms with Crippen LogP contribution in [0.4, 0.5) is 5.69 Å². The van der Waals surface area contributed by atoms with Gasteiger partial charge in [0.15, 0.2) is 0 Å². The van der Waals surface area contributed by atoms with E-state index in [0.717, 1.165) is 11.1 Å². The lowest BCUT2D eigenvalue weighted by Gasteiger charge is -2.39. The molecule has 1 aliphatic carbocycles. The quantitative estimate of drug-likeness (QED) is 0.163. The van der Waals surface area contributed by atoms with Crippen molar-refractivity contribution in [2.24, 2.45) is 5.41 Å². The number of phenols is 1. The molecule has 0 atom stereocenters. The lowest BCUT2D eigenvalue weighted by Crippen LogP contribution is -2.33. The van der Waals surface area contributed by atoms with Crippen molar-refractivity contribution in [3.05, 3.63) is 93.2 Å². The summed E-state index contributed by atoms with van der Waals surface area (Å²) >= 11 is 6.44. The van der Waals surface area contributed by atoms with Gasteiger partial charge in [-0.05, 0) is 53.0 Å². The van der Waals surface area contributed by atoms with E-state index in [-0.39, 0.29) is 54.8 Å². The first-order chi connectivity index (χ1) is 18.1. The predicted octanol–water partition coefficient (Wildman–Crippen LogP) is 7.60. The van der Waals surface area contributed by atoms with E-state index in [1.807, 2.05) is 24.3 Å². The first kappa shape index (κ1) is 30.3. The number of hydroxylamine groups is 1. The molecule has 0 heterocycles. The number of anilines is 1. The molecule has 0 saturated heterocycles. The van der Waals surface area contributed by atoms with Crippen LogP contribution in [0.5, 0.6) is 5.75 Å². The van der Waals surface area contributed by atoms with Crippen molar-refractivity contribution in [2.75, 3.05) is 5.32 Å². The maximum atomic E-state index is 13.5. The Morgan fingerprint density at radius 1 is 1.05 bits per heavy atom. The summed E-state index contributed by atoms with van der Waals surface area (Å²) < 4.78 is 26.9. The van der Waals surface area contributed by atoms with Crippen LogP contribution in [0.25, 0.3) is 5.70 Å². The average Bonchev–Trinajstić information content (AvgIpc) is 2.87. The molecule has 7 nitrogen and oxygen atoms in total. The summed E-state index contributed by atoms with van der Waals surface area (Å²) in [5.74, 6) is -0.829. The van der Waals surface area contributed by atoms with Crippen LogP contribution in [0.3, 0.4) is 0 Å². The van der Waals surface area contributed by atoms with Crippen LogP contribution in [0.15, 0.2) is 82.0 Å². The third-order valence-corrected chi connectivity index (χ3v) is 9.93. The van der Waals surface area contributed by atoms with E-state index in [9.17, 15) is 23.8 Å². The number of sulfone groups is 1. The number of benzene rings is 2.